The number of thiocarbonyl (C=S) groups is 1. The molecule has 0 unspecified atom stereocenters. The summed E-state index contributed by atoms with van der Waals surface area (Å²) in [5, 5.41) is 5.97. The van der Waals surface area contributed by atoms with Crippen LogP contribution < -0.4 is 15.4 Å². The van der Waals surface area contributed by atoms with Crippen LogP contribution in [-0.4, -0.2) is 17.1 Å². The molecule has 0 aromatic heterocycles. The van der Waals surface area contributed by atoms with Gasteiger partial charge in [-0.25, -0.2) is 0 Å². The van der Waals surface area contributed by atoms with Gasteiger partial charge in [-0.15, -0.1) is 0 Å². The van der Waals surface area contributed by atoms with Crippen molar-refractivity contribution < 1.29 is 9.53 Å². The molecule has 5 heteroatoms. The summed E-state index contributed by atoms with van der Waals surface area (Å²) in [6, 6.07) is 12.9. The third-order valence-electron chi connectivity index (χ3n) is 3.48. The molecule has 24 heavy (non-hydrogen) atoms. The largest absolute Gasteiger partial charge is 0.491 e. The lowest BCUT2D eigenvalue weighted by atomic mass is 10.1. The third kappa shape index (κ3) is 5.06. The van der Waals surface area contributed by atoms with Crippen molar-refractivity contribution in [1.29, 1.82) is 0 Å². The van der Waals surface area contributed by atoms with E-state index in [-0.39, 0.29) is 17.1 Å². The monoisotopic (exact) mass is 342 g/mol. The Morgan fingerprint density at radius 3 is 2.29 bits per heavy atom. The van der Waals surface area contributed by atoms with E-state index in [1.165, 1.54) is 5.56 Å². The summed E-state index contributed by atoms with van der Waals surface area (Å²) in [7, 11) is 0. The number of rotatable bonds is 4. The van der Waals surface area contributed by atoms with E-state index in [1.54, 1.807) is 24.3 Å². The summed E-state index contributed by atoms with van der Waals surface area (Å²) >= 11 is 5.20. The van der Waals surface area contributed by atoms with Crippen LogP contribution in [0.25, 0.3) is 0 Å². The molecule has 0 aliphatic carbocycles. The summed E-state index contributed by atoms with van der Waals surface area (Å²) in [4.78, 5) is 12.2. The van der Waals surface area contributed by atoms with Crippen LogP contribution in [0.5, 0.6) is 5.75 Å². The lowest BCUT2D eigenvalue weighted by Crippen LogP contribution is -2.34. The number of hydrogen-bond donors (Lipinski definition) is 2. The summed E-state index contributed by atoms with van der Waals surface area (Å²) in [5.41, 5.74) is 3.74. The van der Waals surface area contributed by atoms with Crippen molar-refractivity contribution in [2.45, 2.75) is 33.8 Å². The molecule has 0 atom stereocenters. The predicted molar refractivity (Wildman–Crippen MR) is 102 cm³/mol. The quantitative estimate of drug-likeness (QED) is 0.817. The molecule has 126 valence electrons. The number of hydrogen-bond acceptors (Lipinski definition) is 3. The Kier molecular flexibility index (Phi) is 5.93. The van der Waals surface area contributed by atoms with E-state index in [1.807, 2.05) is 45.9 Å². The smallest absolute Gasteiger partial charge is 0.257 e. The van der Waals surface area contributed by atoms with Gasteiger partial charge in [-0.2, -0.15) is 0 Å². The van der Waals surface area contributed by atoms with Crippen LogP contribution in [0.15, 0.2) is 42.5 Å². The fourth-order valence-electron chi connectivity index (χ4n) is 2.11. The Hall–Kier alpha value is -2.40. The number of carbonyl (C=O) groups is 1. The molecule has 0 spiro atoms. The summed E-state index contributed by atoms with van der Waals surface area (Å²) in [6.45, 7) is 7.99. The Morgan fingerprint density at radius 1 is 1.04 bits per heavy atom. The maximum atomic E-state index is 12.2. The zero-order chi connectivity index (χ0) is 17.7. The van der Waals surface area contributed by atoms with Crippen LogP contribution in [0.2, 0.25) is 0 Å². The molecule has 2 N–H and O–H groups in total. The molecule has 0 aliphatic heterocycles. The van der Waals surface area contributed by atoms with Crippen molar-refractivity contribution >= 4 is 28.9 Å². The molecule has 0 saturated carbocycles. The van der Waals surface area contributed by atoms with Crippen molar-refractivity contribution in [1.82, 2.24) is 5.32 Å². The highest BCUT2D eigenvalue weighted by Gasteiger charge is 2.09. The van der Waals surface area contributed by atoms with Gasteiger partial charge < -0.3 is 10.1 Å². The van der Waals surface area contributed by atoms with Crippen LogP contribution >= 0.6 is 12.2 Å². The van der Waals surface area contributed by atoms with E-state index in [9.17, 15) is 4.79 Å². The first-order valence-corrected chi connectivity index (χ1v) is 8.22. The number of ether oxygens (including phenoxy) is 1. The molecule has 0 heterocycles. The fourth-order valence-corrected chi connectivity index (χ4v) is 2.32. The van der Waals surface area contributed by atoms with E-state index in [0.29, 0.717) is 5.56 Å². The molecule has 0 aliphatic rings. The average molecular weight is 342 g/mol. The summed E-state index contributed by atoms with van der Waals surface area (Å²) < 4.78 is 5.56. The van der Waals surface area contributed by atoms with Gasteiger partial charge >= 0.3 is 0 Å². The van der Waals surface area contributed by atoms with Gasteiger partial charge in [0.2, 0.25) is 0 Å². The first-order chi connectivity index (χ1) is 11.3. The van der Waals surface area contributed by atoms with Crippen LogP contribution in [0.1, 0.15) is 35.3 Å². The maximum Gasteiger partial charge on any atom is 0.257 e. The number of amides is 1. The van der Waals surface area contributed by atoms with Crippen LogP contribution in [0.3, 0.4) is 0 Å². The van der Waals surface area contributed by atoms with Gasteiger partial charge in [-0.3, -0.25) is 10.1 Å². The molecular formula is C19H22N2O2S. The second-order valence-corrected chi connectivity index (χ2v) is 6.31. The highest BCUT2D eigenvalue weighted by Crippen LogP contribution is 2.15. The zero-order valence-electron chi connectivity index (χ0n) is 14.3. The second kappa shape index (κ2) is 7.93. The second-order valence-electron chi connectivity index (χ2n) is 5.90. The average Bonchev–Trinajstić information content (AvgIpc) is 2.51. The number of benzene rings is 2. The molecule has 0 saturated heterocycles. The van der Waals surface area contributed by atoms with Gasteiger partial charge in [0.05, 0.1) is 6.10 Å². The molecule has 1 amide bonds. The normalized spacial score (nSPS) is 10.4. The zero-order valence-corrected chi connectivity index (χ0v) is 15.2. The van der Waals surface area contributed by atoms with Crippen molar-refractivity contribution in [2.75, 3.05) is 5.32 Å². The van der Waals surface area contributed by atoms with E-state index >= 15 is 0 Å². The number of nitrogens with one attached hydrogen (secondary N) is 2. The van der Waals surface area contributed by atoms with Crippen molar-refractivity contribution in [2.24, 2.45) is 0 Å². The molecule has 2 aromatic rings. The van der Waals surface area contributed by atoms with Gasteiger partial charge in [0, 0.05) is 11.3 Å². The SMILES string of the molecule is Cc1ccc(NC(=S)NC(=O)c2ccc(OC(C)C)cc2)cc1C. The minimum absolute atomic E-state index is 0.0967. The molecule has 2 aromatic carbocycles. The third-order valence-corrected chi connectivity index (χ3v) is 3.68. The molecule has 4 nitrogen and oxygen atoms in total. The topological polar surface area (TPSA) is 50.4 Å². The van der Waals surface area contributed by atoms with Gasteiger partial charge in [0.15, 0.2) is 5.11 Å². The molecule has 0 bridgehead atoms. The first kappa shape index (κ1) is 17.9. The van der Waals surface area contributed by atoms with Crippen molar-refractivity contribution in [3.8, 4) is 5.75 Å². The van der Waals surface area contributed by atoms with E-state index in [4.69, 9.17) is 17.0 Å². The van der Waals surface area contributed by atoms with E-state index in [2.05, 4.69) is 10.6 Å². The molecule has 0 fully saturated rings. The van der Waals surface area contributed by atoms with Gasteiger partial charge in [-0.1, -0.05) is 6.07 Å². The number of anilines is 1. The molecular weight excluding hydrogens is 320 g/mol. The van der Waals surface area contributed by atoms with Crippen LogP contribution in [0, 0.1) is 13.8 Å². The van der Waals surface area contributed by atoms with E-state index < -0.39 is 0 Å². The predicted octanol–water partition coefficient (Wildman–Crippen LogP) is 4.22. The number of carbonyl (C=O) groups excluding carboxylic acids is 1. The Balaban J connectivity index is 1.95. The Labute approximate surface area is 148 Å². The lowest BCUT2D eigenvalue weighted by molar-refractivity contribution is 0.0977. The molecule has 0 radical (unpaired) electrons. The Bertz CT molecular complexity index is 740. The van der Waals surface area contributed by atoms with E-state index in [0.717, 1.165) is 17.0 Å². The van der Waals surface area contributed by atoms with Crippen molar-refractivity contribution in [3.05, 3.63) is 59.2 Å². The summed E-state index contributed by atoms with van der Waals surface area (Å²) in [5.74, 6) is 0.477. The fraction of sp³-hybridized carbons (Fsp3) is 0.263. The van der Waals surface area contributed by atoms with Gasteiger partial charge in [0.1, 0.15) is 5.75 Å². The highest BCUT2D eigenvalue weighted by atomic mass is 32.1. The molecule has 2 rings (SSSR count). The highest BCUT2D eigenvalue weighted by molar-refractivity contribution is 7.80. The van der Waals surface area contributed by atoms with Gasteiger partial charge in [-0.05, 0) is 87.4 Å². The van der Waals surface area contributed by atoms with Crippen LogP contribution in [0.4, 0.5) is 5.69 Å². The Morgan fingerprint density at radius 2 is 1.71 bits per heavy atom. The number of aryl methyl sites for hydroxylation is 2. The van der Waals surface area contributed by atoms with Crippen molar-refractivity contribution in [3.63, 3.8) is 0 Å². The lowest BCUT2D eigenvalue weighted by Gasteiger charge is -2.12. The first-order valence-electron chi connectivity index (χ1n) is 7.81. The minimum Gasteiger partial charge on any atom is -0.491 e. The minimum atomic E-state index is -0.257. The maximum absolute atomic E-state index is 12.2. The summed E-state index contributed by atoms with van der Waals surface area (Å²) in [6.07, 6.45) is 0.0967. The standard InChI is InChI=1S/C19H22N2O2S/c1-12(2)23-17-9-6-15(7-10-17)18(22)21-19(24)20-16-8-5-13(3)14(4)11-16/h5-12H,1-4H3,(H2,20,21,22,24). The van der Waals surface area contributed by atoms with Crippen LogP contribution in [-0.2, 0) is 0 Å². The van der Waals surface area contributed by atoms with Gasteiger partial charge in [0.25, 0.3) is 5.91 Å².